The molecule has 3 unspecified atom stereocenters. The average molecular weight is 1000 g/mol. The third-order valence-corrected chi connectivity index (χ3v) is 14.5. The highest BCUT2D eigenvalue weighted by atomic mass is 32.2. The zero-order valence-corrected chi connectivity index (χ0v) is 46.9. The number of nitrogens with zero attached hydrogens (tertiary/aromatic N) is 3. The molecule has 0 aromatic carbocycles. The molecule has 0 aliphatic carbocycles. The van der Waals surface area contributed by atoms with Gasteiger partial charge in [-0.15, -0.1) is 0 Å². The standard InChI is InChI=1S/2C27H52N2.2CH4O3S/c2*1-2-3-4-5-6-7-8-9-10-11-12-13-14-15-16-17-21-26-22-18-19-24-29-25-20-23-28-27(26)29;2*1-5(2,3)4/h2*26H,2-25H2,1H3;2*1H3,(H,2,3,4). The minimum Gasteiger partial charge on any atom is -0.748 e. The number of fused-ring (bicyclic) bond motifs is 2. The van der Waals surface area contributed by atoms with Gasteiger partial charge in [0.05, 0.1) is 35.4 Å². The van der Waals surface area contributed by atoms with Crippen LogP contribution in [0.5, 0.6) is 0 Å². The molecule has 10 nitrogen and oxygen atoms in total. The Morgan fingerprint density at radius 3 is 1.24 bits per heavy atom. The first-order chi connectivity index (χ1) is 32.8. The topological polar surface area (TPSA) is 144 Å². The van der Waals surface area contributed by atoms with Crippen LogP contribution >= 0.6 is 0 Å². The summed E-state index contributed by atoms with van der Waals surface area (Å²) in [5.74, 6) is 4.67. The van der Waals surface area contributed by atoms with Crippen molar-refractivity contribution < 1.29 is 30.8 Å². The molecule has 4 aliphatic rings. The molecule has 4 aliphatic heterocycles. The van der Waals surface area contributed by atoms with Gasteiger partial charge in [-0.25, -0.2) is 13.4 Å². The van der Waals surface area contributed by atoms with E-state index in [-0.39, 0.29) is 0 Å². The second-order valence-corrected chi connectivity index (χ2v) is 24.2. The van der Waals surface area contributed by atoms with E-state index >= 15 is 0 Å². The molecule has 0 radical (unpaired) electrons. The highest BCUT2D eigenvalue weighted by Crippen LogP contribution is 2.27. The first kappa shape index (κ1) is 64.9. The van der Waals surface area contributed by atoms with Gasteiger partial charge in [-0.2, -0.15) is 8.42 Å². The number of amidine groups is 2. The maximum Gasteiger partial charge on any atom is 0.261 e. The van der Waals surface area contributed by atoms with Crippen LogP contribution in [0.2, 0.25) is 0 Å². The summed E-state index contributed by atoms with van der Waals surface area (Å²) >= 11 is 0. The van der Waals surface area contributed by atoms with Crippen LogP contribution in [0.3, 0.4) is 0 Å². The summed E-state index contributed by atoms with van der Waals surface area (Å²) in [6.45, 7) is 12.1. The maximum absolute atomic E-state index is 9.19. The molecule has 2 saturated heterocycles. The van der Waals surface area contributed by atoms with Gasteiger partial charge in [0.1, 0.15) is 5.84 Å². The molecule has 0 amide bonds. The third kappa shape index (κ3) is 42.6. The molecule has 4 rings (SSSR count). The van der Waals surface area contributed by atoms with Crippen molar-refractivity contribution in [3.8, 4) is 0 Å². The summed E-state index contributed by atoms with van der Waals surface area (Å²) in [5, 5.41) is 0. The van der Waals surface area contributed by atoms with Crippen molar-refractivity contribution in [2.75, 3.05) is 51.8 Å². The molecule has 404 valence electrons. The van der Waals surface area contributed by atoms with Crippen molar-refractivity contribution in [1.82, 2.24) is 4.90 Å². The Balaban J connectivity index is 0.000000566. The van der Waals surface area contributed by atoms with Gasteiger partial charge in [0.15, 0.2) is 5.84 Å². The molecule has 0 saturated carbocycles. The fourth-order valence-corrected chi connectivity index (χ4v) is 10.8. The molecule has 2 N–H and O–H groups in total. The van der Waals surface area contributed by atoms with Crippen LogP contribution in [0.4, 0.5) is 0 Å². The van der Waals surface area contributed by atoms with E-state index < -0.39 is 20.2 Å². The third-order valence-electron chi connectivity index (χ3n) is 14.5. The Kier molecular flexibility index (Phi) is 42.6. The van der Waals surface area contributed by atoms with Crippen molar-refractivity contribution in [3.05, 3.63) is 0 Å². The largest absolute Gasteiger partial charge is 0.748 e. The maximum atomic E-state index is 9.19. The summed E-state index contributed by atoms with van der Waals surface area (Å²) in [4.78, 5) is 14.3. The van der Waals surface area contributed by atoms with Gasteiger partial charge in [0.25, 0.3) is 10.1 Å². The van der Waals surface area contributed by atoms with Gasteiger partial charge >= 0.3 is 0 Å². The molecule has 3 atom stereocenters. The van der Waals surface area contributed by atoms with Crippen molar-refractivity contribution >= 4 is 31.9 Å². The van der Waals surface area contributed by atoms with Crippen molar-refractivity contribution in [2.24, 2.45) is 21.8 Å². The smallest absolute Gasteiger partial charge is 0.261 e. The van der Waals surface area contributed by atoms with Crippen LogP contribution in [0.15, 0.2) is 9.98 Å². The van der Waals surface area contributed by atoms with Crippen molar-refractivity contribution in [3.63, 3.8) is 0 Å². The van der Waals surface area contributed by atoms with Gasteiger partial charge in [0.2, 0.25) is 0 Å². The van der Waals surface area contributed by atoms with E-state index in [4.69, 9.17) is 27.5 Å². The van der Waals surface area contributed by atoms with Crippen LogP contribution in [0.25, 0.3) is 0 Å². The monoisotopic (exact) mass is 1000 g/mol. The predicted octanol–water partition coefficient (Wildman–Crippen LogP) is 14.3. The van der Waals surface area contributed by atoms with Gasteiger partial charge in [-0.1, -0.05) is 226 Å². The fourth-order valence-electron chi connectivity index (χ4n) is 10.8. The summed E-state index contributed by atoms with van der Waals surface area (Å²) in [6.07, 6.45) is 62.0. The van der Waals surface area contributed by atoms with Gasteiger partial charge in [-0.3, -0.25) is 14.4 Å². The fraction of sp³-hybridized carbons (Fsp3) is 0.964. The first-order valence-corrected chi connectivity index (χ1v) is 33.0. The van der Waals surface area contributed by atoms with E-state index in [1.165, 1.54) is 302 Å². The van der Waals surface area contributed by atoms with Crippen LogP contribution in [-0.4, -0.2) is 94.3 Å². The van der Waals surface area contributed by atoms with Gasteiger partial charge in [0, 0.05) is 44.8 Å². The number of nitrogens with one attached hydrogen (secondary N) is 1. The van der Waals surface area contributed by atoms with E-state index in [9.17, 15) is 8.42 Å². The lowest BCUT2D eigenvalue weighted by Gasteiger charge is -2.31. The lowest BCUT2D eigenvalue weighted by atomic mass is 9.94. The van der Waals surface area contributed by atoms with E-state index in [2.05, 4.69) is 18.7 Å². The van der Waals surface area contributed by atoms with Crippen LogP contribution in [0, 0.1) is 11.8 Å². The normalized spacial score (nSPS) is 19.6. The average Bonchev–Trinajstić information content (AvgIpc) is 3.64. The summed E-state index contributed by atoms with van der Waals surface area (Å²) in [6, 6.07) is 0. The number of rotatable bonds is 34. The second kappa shape index (κ2) is 44.6. The summed E-state index contributed by atoms with van der Waals surface area (Å²) in [7, 11) is -7.58. The zero-order valence-electron chi connectivity index (χ0n) is 45.2. The highest BCUT2D eigenvalue weighted by molar-refractivity contribution is 7.85. The van der Waals surface area contributed by atoms with Crippen LogP contribution in [-0.2, 0) is 20.2 Å². The van der Waals surface area contributed by atoms with Gasteiger partial charge in [-0.05, 0) is 51.4 Å². The molecule has 4 heterocycles. The Labute approximate surface area is 422 Å². The Bertz CT molecular complexity index is 1300. The molecular formula is C56H112N4O6S2. The minimum absolute atomic E-state index is 0.604. The number of unbranched alkanes of at least 4 members (excludes halogenated alkanes) is 30. The number of aliphatic imine (C=N–C) groups is 2. The molecule has 68 heavy (non-hydrogen) atoms. The molecule has 2 fully saturated rings. The Hall–Kier alpha value is -1.08. The van der Waals surface area contributed by atoms with Crippen molar-refractivity contribution in [1.29, 1.82) is 0 Å². The Morgan fingerprint density at radius 1 is 0.485 bits per heavy atom. The lowest BCUT2D eigenvalue weighted by molar-refractivity contribution is -0.810. The van der Waals surface area contributed by atoms with Crippen LogP contribution < -0.4 is 4.90 Å². The van der Waals surface area contributed by atoms with E-state index in [0.29, 0.717) is 12.5 Å². The number of hydrogen-bond acceptors (Lipinski definition) is 8. The zero-order chi connectivity index (χ0) is 49.8. The molecule has 12 heteroatoms. The minimum atomic E-state index is -3.92. The molecule has 0 aromatic heterocycles. The SMILES string of the molecule is CCCCCCCCCCCCCCCCCCC1CCCCN2CCCN=C12.CCCCCCCCCCCCCCCCCCC1CCCC[NH+]2CCCN=C12.CS(=O)(=O)O.CS(=O)(=O)[O-]. The Morgan fingerprint density at radius 2 is 0.809 bits per heavy atom. The summed E-state index contributed by atoms with van der Waals surface area (Å²) in [5.41, 5.74) is 0. The number of quaternary nitrogens is 1. The molecule has 0 aromatic rings. The van der Waals surface area contributed by atoms with Crippen molar-refractivity contribution in [2.45, 2.75) is 284 Å². The first-order valence-electron chi connectivity index (χ1n) is 29.3. The van der Waals surface area contributed by atoms with E-state index in [0.717, 1.165) is 24.9 Å². The lowest BCUT2D eigenvalue weighted by Crippen LogP contribution is -3.15. The molecular weight excluding hydrogens is 889 g/mol. The predicted molar refractivity (Wildman–Crippen MR) is 292 cm³/mol. The van der Waals surface area contributed by atoms with E-state index in [1.54, 1.807) is 10.7 Å². The van der Waals surface area contributed by atoms with Gasteiger partial charge < -0.3 is 9.45 Å². The number of hydrogen-bond donors (Lipinski definition) is 2. The molecule has 0 bridgehead atoms. The molecule has 0 spiro atoms. The van der Waals surface area contributed by atoms with Crippen LogP contribution in [0.1, 0.15) is 284 Å². The highest BCUT2D eigenvalue weighted by Gasteiger charge is 2.31. The summed E-state index contributed by atoms with van der Waals surface area (Å²) < 4.78 is 53.1. The quantitative estimate of drug-likeness (QED) is 0.0482. The second-order valence-electron chi connectivity index (χ2n) is 21.3. The van der Waals surface area contributed by atoms with E-state index in [1.807, 2.05) is 0 Å².